The van der Waals surface area contributed by atoms with E-state index in [0.29, 0.717) is 0 Å². The highest BCUT2D eigenvalue weighted by Crippen LogP contribution is 2.02. The molecule has 0 bridgehead atoms. The van der Waals surface area contributed by atoms with Gasteiger partial charge in [-0.15, -0.1) is 0 Å². The Morgan fingerprint density at radius 1 is 1.24 bits per heavy atom. The zero-order valence-electron chi connectivity index (χ0n) is 11.9. The second-order valence-corrected chi connectivity index (χ2v) is 4.59. The molecule has 1 rings (SSSR count). The van der Waals surface area contributed by atoms with Gasteiger partial charge in [0.2, 0.25) is 5.91 Å². The third kappa shape index (κ3) is 5.94. The van der Waals surface area contributed by atoms with Crippen molar-refractivity contribution in [3.63, 3.8) is 0 Å². The molecular formula is C14H18N2O5. The average molecular weight is 294 g/mol. The number of aliphatic carboxylic acids is 1. The lowest BCUT2D eigenvalue weighted by Gasteiger charge is -2.16. The minimum atomic E-state index is -1.32. The minimum absolute atomic E-state index is 0.0284. The van der Waals surface area contributed by atoms with Crippen LogP contribution in [0.25, 0.3) is 0 Å². The van der Waals surface area contributed by atoms with Crippen LogP contribution in [0.3, 0.4) is 0 Å². The standard InChI is InChI=1S/C14H18N2O5/c1-16(2)12(17)8-11(13(18)19)15-14(20)21-9-10-6-4-3-5-7-10/h3-7,11H,8-9H2,1-2H3,(H,15,20)(H,18,19)/t11-/m1/s1. The summed E-state index contributed by atoms with van der Waals surface area (Å²) < 4.78 is 4.91. The molecule has 7 heteroatoms. The number of carbonyl (C=O) groups is 3. The van der Waals surface area contributed by atoms with Crippen molar-refractivity contribution in [1.82, 2.24) is 10.2 Å². The molecule has 0 aromatic heterocycles. The summed E-state index contributed by atoms with van der Waals surface area (Å²) in [5.41, 5.74) is 0.781. The third-order valence-electron chi connectivity index (χ3n) is 2.68. The molecule has 114 valence electrons. The summed E-state index contributed by atoms with van der Waals surface area (Å²) in [7, 11) is 3.02. The monoisotopic (exact) mass is 294 g/mol. The van der Waals surface area contributed by atoms with Gasteiger partial charge >= 0.3 is 12.1 Å². The second-order valence-electron chi connectivity index (χ2n) is 4.59. The van der Waals surface area contributed by atoms with Gasteiger partial charge in [0.1, 0.15) is 12.6 Å². The Labute approximate surface area is 122 Å². The predicted octanol–water partition coefficient (Wildman–Crippen LogP) is 0.844. The van der Waals surface area contributed by atoms with Crippen LogP contribution < -0.4 is 5.32 Å². The van der Waals surface area contributed by atoms with Crippen molar-refractivity contribution >= 4 is 18.0 Å². The molecule has 2 amide bonds. The molecule has 0 unspecified atom stereocenters. The van der Waals surface area contributed by atoms with Gasteiger partial charge in [-0.2, -0.15) is 0 Å². The summed E-state index contributed by atoms with van der Waals surface area (Å²) in [4.78, 5) is 35.3. The molecule has 0 saturated carbocycles. The van der Waals surface area contributed by atoms with Gasteiger partial charge in [0.25, 0.3) is 0 Å². The van der Waals surface area contributed by atoms with E-state index in [1.54, 1.807) is 24.3 Å². The van der Waals surface area contributed by atoms with Gasteiger partial charge in [-0.3, -0.25) is 4.79 Å². The van der Waals surface area contributed by atoms with Crippen molar-refractivity contribution in [3.8, 4) is 0 Å². The van der Waals surface area contributed by atoms with Crippen LogP contribution in [0.15, 0.2) is 30.3 Å². The summed E-state index contributed by atoms with van der Waals surface area (Å²) in [6, 6.07) is 7.66. The summed E-state index contributed by atoms with van der Waals surface area (Å²) in [6.07, 6.45) is -1.21. The van der Waals surface area contributed by atoms with Crippen LogP contribution in [0.1, 0.15) is 12.0 Å². The number of benzene rings is 1. The van der Waals surface area contributed by atoms with Crippen LogP contribution >= 0.6 is 0 Å². The van der Waals surface area contributed by atoms with E-state index in [2.05, 4.69) is 5.32 Å². The number of ether oxygens (including phenoxy) is 1. The molecule has 2 N–H and O–H groups in total. The first-order valence-corrected chi connectivity index (χ1v) is 6.30. The maximum atomic E-state index is 11.6. The van der Waals surface area contributed by atoms with E-state index < -0.39 is 24.0 Å². The fourth-order valence-electron chi connectivity index (χ4n) is 1.46. The van der Waals surface area contributed by atoms with E-state index in [1.807, 2.05) is 6.07 Å². The van der Waals surface area contributed by atoms with E-state index >= 15 is 0 Å². The van der Waals surface area contributed by atoms with Crippen LogP contribution in [0, 0.1) is 0 Å². The largest absolute Gasteiger partial charge is 0.480 e. The number of nitrogens with zero attached hydrogens (tertiary/aromatic N) is 1. The molecular weight excluding hydrogens is 276 g/mol. The highest BCUT2D eigenvalue weighted by molar-refractivity contribution is 5.86. The molecule has 0 radical (unpaired) electrons. The van der Waals surface area contributed by atoms with Crippen molar-refractivity contribution in [2.75, 3.05) is 14.1 Å². The quantitative estimate of drug-likeness (QED) is 0.810. The number of carboxylic acids is 1. The Kier molecular flexibility index (Phi) is 6.19. The summed E-state index contributed by atoms with van der Waals surface area (Å²) in [5, 5.41) is 11.2. The molecule has 21 heavy (non-hydrogen) atoms. The van der Waals surface area contributed by atoms with E-state index in [-0.39, 0.29) is 13.0 Å². The number of carbonyl (C=O) groups excluding carboxylic acids is 2. The molecule has 0 heterocycles. The van der Waals surface area contributed by atoms with Gasteiger partial charge in [0, 0.05) is 14.1 Å². The van der Waals surface area contributed by atoms with Crippen molar-refractivity contribution in [1.29, 1.82) is 0 Å². The molecule has 7 nitrogen and oxygen atoms in total. The first-order chi connectivity index (χ1) is 9.90. The lowest BCUT2D eigenvalue weighted by molar-refractivity contribution is -0.142. The molecule has 0 spiro atoms. The van der Waals surface area contributed by atoms with E-state index in [9.17, 15) is 14.4 Å². The highest BCUT2D eigenvalue weighted by Gasteiger charge is 2.24. The van der Waals surface area contributed by atoms with Gasteiger partial charge in [-0.1, -0.05) is 30.3 Å². The van der Waals surface area contributed by atoms with E-state index in [0.717, 1.165) is 5.56 Å². The van der Waals surface area contributed by atoms with Crippen LogP contribution in [0.5, 0.6) is 0 Å². The molecule has 1 aromatic rings. The molecule has 1 atom stereocenters. The smallest absolute Gasteiger partial charge is 0.408 e. The first-order valence-electron chi connectivity index (χ1n) is 6.30. The average Bonchev–Trinajstić information content (AvgIpc) is 2.45. The maximum absolute atomic E-state index is 11.6. The zero-order valence-corrected chi connectivity index (χ0v) is 11.9. The Morgan fingerprint density at radius 3 is 2.38 bits per heavy atom. The Bertz CT molecular complexity index is 501. The van der Waals surface area contributed by atoms with E-state index in [4.69, 9.17) is 9.84 Å². The number of hydrogen-bond donors (Lipinski definition) is 2. The normalized spacial score (nSPS) is 11.3. The Hall–Kier alpha value is -2.57. The topological polar surface area (TPSA) is 95.9 Å². The van der Waals surface area contributed by atoms with Gasteiger partial charge in [0.05, 0.1) is 6.42 Å². The van der Waals surface area contributed by atoms with Gasteiger partial charge in [-0.05, 0) is 5.56 Å². The fraction of sp³-hybridized carbons (Fsp3) is 0.357. The Morgan fingerprint density at radius 2 is 1.86 bits per heavy atom. The fourth-order valence-corrected chi connectivity index (χ4v) is 1.46. The molecule has 0 aliphatic heterocycles. The van der Waals surface area contributed by atoms with E-state index in [1.165, 1.54) is 19.0 Å². The number of alkyl carbamates (subject to hydrolysis) is 1. The number of rotatable bonds is 6. The van der Waals surface area contributed by atoms with Crippen molar-refractivity contribution in [2.45, 2.75) is 19.1 Å². The molecule has 0 fully saturated rings. The van der Waals surface area contributed by atoms with Crippen LogP contribution in [-0.4, -0.2) is 48.1 Å². The number of carboxylic acid groups (broad SMARTS) is 1. The SMILES string of the molecule is CN(C)C(=O)C[C@@H](NC(=O)OCc1ccccc1)C(=O)O. The lowest BCUT2D eigenvalue weighted by Crippen LogP contribution is -2.44. The second kappa shape index (κ2) is 7.88. The third-order valence-corrected chi connectivity index (χ3v) is 2.68. The van der Waals surface area contributed by atoms with Crippen LogP contribution in [0.4, 0.5) is 4.79 Å². The summed E-state index contributed by atoms with van der Waals surface area (Å²) in [5.74, 6) is -1.69. The molecule has 0 saturated heterocycles. The number of amides is 2. The minimum Gasteiger partial charge on any atom is -0.480 e. The molecule has 1 aromatic carbocycles. The van der Waals surface area contributed by atoms with Gasteiger partial charge < -0.3 is 20.1 Å². The summed E-state index contributed by atoms with van der Waals surface area (Å²) in [6.45, 7) is 0.0284. The highest BCUT2D eigenvalue weighted by atomic mass is 16.5. The van der Waals surface area contributed by atoms with Crippen LogP contribution in [-0.2, 0) is 20.9 Å². The maximum Gasteiger partial charge on any atom is 0.408 e. The zero-order chi connectivity index (χ0) is 15.8. The van der Waals surface area contributed by atoms with Crippen molar-refractivity contribution < 1.29 is 24.2 Å². The van der Waals surface area contributed by atoms with Crippen LogP contribution in [0.2, 0.25) is 0 Å². The number of hydrogen-bond acceptors (Lipinski definition) is 4. The predicted molar refractivity (Wildman–Crippen MR) is 74.5 cm³/mol. The first kappa shape index (κ1) is 16.5. The van der Waals surface area contributed by atoms with Gasteiger partial charge in [0.15, 0.2) is 0 Å². The van der Waals surface area contributed by atoms with Crippen molar-refractivity contribution in [3.05, 3.63) is 35.9 Å². The summed E-state index contributed by atoms with van der Waals surface area (Å²) >= 11 is 0. The molecule has 0 aliphatic rings. The van der Waals surface area contributed by atoms with Gasteiger partial charge in [-0.25, -0.2) is 9.59 Å². The van der Waals surface area contributed by atoms with Crippen molar-refractivity contribution in [2.24, 2.45) is 0 Å². The molecule has 0 aliphatic carbocycles. The Balaban J connectivity index is 2.49. The lowest BCUT2D eigenvalue weighted by atomic mass is 10.2. The number of nitrogens with one attached hydrogen (secondary N) is 1.